The molecule has 4 N–H and O–H groups in total. The van der Waals surface area contributed by atoms with E-state index in [9.17, 15) is 4.79 Å². The van der Waals surface area contributed by atoms with Crippen LogP contribution in [-0.2, 0) is 4.79 Å². The van der Waals surface area contributed by atoms with Gasteiger partial charge in [0.05, 0.1) is 28.0 Å². The molecule has 2 aromatic rings. The summed E-state index contributed by atoms with van der Waals surface area (Å²) in [7, 11) is 0. The van der Waals surface area contributed by atoms with E-state index >= 15 is 0 Å². The van der Waals surface area contributed by atoms with Crippen LogP contribution in [0.15, 0.2) is 23.6 Å². The number of halogens is 1. The SMILES string of the molecule is N#Cc1ccc(Nc2nc(C(N)C(=O)O)cs2)c(Cl)c1. The highest BCUT2D eigenvalue weighted by Crippen LogP contribution is 2.28. The number of rotatable bonds is 4. The summed E-state index contributed by atoms with van der Waals surface area (Å²) in [5.74, 6) is -1.14. The predicted molar refractivity (Wildman–Crippen MR) is 76.1 cm³/mol. The number of carbonyl (C=O) groups is 1. The van der Waals surface area contributed by atoms with Gasteiger partial charge in [0, 0.05) is 5.38 Å². The minimum Gasteiger partial charge on any atom is -0.480 e. The van der Waals surface area contributed by atoms with E-state index in [1.807, 2.05) is 6.07 Å². The smallest absolute Gasteiger partial charge is 0.326 e. The van der Waals surface area contributed by atoms with Gasteiger partial charge in [0.2, 0.25) is 0 Å². The molecular formula is C12H9ClN4O2S. The number of carboxylic acid groups (broad SMARTS) is 1. The van der Waals surface area contributed by atoms with Crippen molar-refractivity contribution < 1.29 is 9.90 Å². The molecule has 1 heterocycles. The lowest BCUT2D eigenvalue weighted by atomic mass is 10.2. The largest absolute Gasteiger partial charge is 0.480 e. The number of benzene rings is 1. The van der Waals surface area contributed by atoms with Gasteiger partial charge in [0.1, 0.15) is 6.04 Å². The Labute approximate surface area is 123 Å². The number of nitrogens with zero attached hydrogens (tertiary/aromatic N) is 2. The number of thiazole rings is 1. The first-order valence-electron chi connectivity index (χ1n) is 5.41. The van der Waals surface area contributed by atoms with Crippen LogP contribution in [0.1, 0.15) is 17.3 Å². The number of hydrogen-bond donors (Lipinski definition) is 3. The third-order valence-electron chi connectivity index (χ3n) is 2.45. The van der Waals surface area contributed by atoms with Gasteiger partial charge in [-0.1, -0.05) is 11.6 Å². The Morgan fingerprint density at radius 2 is 2.35 bits per heavy atom. The molecule has 1 unspecified atom stereocenters. The summed E-state index contributed by atoms with van der Waals surface area (Å²) < 4.78 is 0. The number of carboxylic acids is 1. The van der Waals surface area contributed by atoms with Crippen molar-refractivity contribution >= 4 is 39.7 Å². The second-order valence-corrected chi connectivity index (χ2v) is 5.09. The molecular weight excluding hydrogens is 300 g/mol. The quantitative estimate of drug-likeness (QED) is 0.800. The number of nitrogens with one attached hydrogen (secondary N) is 1. The number of hydrogen-bond acceptors (Lipinski definition) is 6. The van der Waals surface area contributed by atoms with E-state index < -0.39 is 12.0 Å². The minimum atomic E-state index is -1.15. The molecule has 102 valence electrons. The Kier molecular flexibility index (Phi) is 4.20. The summed E-state index contributed by atoms with van der Waals surface area (Å²) in [6.45, 7) is 0. The molecule has 2 rings (SSSR count). The van der Waals surface area contributed by atoms with E-state index in [0.717, 1.165) is 0 Å². The summed E-state index contributed by atoms with van der Waals surface area (Å²) >= 11 is 7.24. The van der Waals surface area contributed by atoms with Gasteiger partial charge in [-0.2, -0.15) is 5.26 Å². The highest BCUT2D eigenvalue weighted by atomic mass is 35.5. The second-order valence-electron chi connectivity index (χ2n) is 3.82. The first kappa shape index (κ1) is 14.3. The molecule has 1 atom stereocenters. The van der Waals surface area contributed by atoms with Crippen LogP contribution < -0.4 is 11.1 Å². The molecule has 0 bridgehead atoms. The molecule has 8 heteroatoms. The molecule has 0 saturated carbocycles. The van der Waals surface area contributed by atoms with E-state index in [0.29, 0.717) is 21.4 Å². The molecule has 20 heavy (non-hydrogen) atoms. The molecule has 0 radical (unpaired) electrons. The monoisotopic (exact) mass is 308 g/mol. The minimum absolute atomic E-state index is 0.273. The van der Waals surface area contributed by atoms with Gasteiger partial charge < -0.3 is 16.2 Å². The molecule has 0 aliphatic carbocycles. The Morgan fingerprint density at radius 3 is 2.95 bits per heavy atom. The summed E-state index contributed by atoms with van der Waals surface area (Å²) in [6.07, 6.45) is 0. The lowest BCUT2D eigenvalue weighted by molar-refractivity contribution is -0.138. The van der Waals surface area contributed by atoms with Crippen molar-refractivity contribution in [2.45, 2.75) is 6.04 Å². The average molecular weight is 309 g/mol. The summed E-state index contributed by atoms with van der Waals surface area (Å²) in [5, 5.41) is 22.9. The molecule has 0 amide bonds. The van der Waals surface area contributed by atoms with Crippen molar-refractivity contribution in [3.63, 3.8) is 0 Å². The highest BCUT2D eigenvalue weighted by Gasteiger charge is 2.17. The van der Waals surface area contributed by atoms with Gasteiger partial charge in [-0.05, 0) is 18.2 Å². The maximum atomic E-state index is 10.8. The molecule has 0 spiro atoms. The zero-order chi connectivity index (χ0) is 14.7. The topological polar surface area (TPSA) is 112 Å². The fraction of sp³-hybridized carbons (Fsp3) is 0.0833. The third-order valence-corrected chi connectivity index (χ3v) is 3.54. The summed E-state index contributed by atoms with van der Waals surface area (Å²) in [6, 6.07) is 5.63. The fourth-order valence-corrected chi connectivity index (χ4v) is 2.40. The molecule has 0 saturated heterocycles. The van der Waals surface area contributed by atoms with Crippen molar-refractivity contribution in [2.24, 2.45) is 5.73 Å². The first-order valence-corrected chi connectivity index (χ1v) is 6.67. The number of nitriles is 1. The fourth-order valence-electron chi connectivity index (χ4n) is 1.41. The van der Waals surface area contributed by atoms with Gasteiger partial charge in [-0.15, -0.1) is 11.3 Å². The Morgan fingerprint density at radius 1 is 1.60 bits per heavy atom. The lowest BCUT2D eigenvalue weighted by Crippen LogP contribution is -2.20. The van der Waals surface area contributed by atoms with Crippen molar-refractivity contribution in [2.75, 3.05) is 5.32 Å². The van der Waals surface area contributed by atoms with Crippen LogP contribution in [0.25, 0.3) is 0 Å². The highest BCUT2D eigenvalue weighted by molar-refractivity contribution is 7.13. The standard InChI is InChI=1S/C12H9ClN4O2S/c13-7-3-6(4-14)1-2-8(7)16-12-17-9(5-20-12)10(15)11(18)19/h1-3,5,10H,15H2,(H,16,17)(H,18,19). The average Bonchev–Trinajstić information content (AvgIpc) is 2.88. The van der Waals surface area contributed by atoms with Crippen LogP contribution in [0.4, 0.5) is 10.8 Å². The molecule has 0 aliphatic rings. The molecule has 1 aromatic carbocycles. The van der Waals surface area contributed by atoms with Crippen LogP contribution >= 0.6 is 22.9 Å². The number of aromatic nitrogens is 1. The van der Waals surface area contributed by atoms with Crippen LogP contribution in [0.3, 0.4) is 0 Å². The van der Waals surface area contributed by atoms with E-state index in [1.165, 1.54) is 17.4 Å². The molecule has 6 nitrogen and oxygen atoms in total. The summed E-state index contributed by atoms with van der Waals surface area (Å²) in [4.78, 5) is 14.8. The van der Waals surface area contributed by atoms with Crippen LogP contribution in [-0.4, -0.2) is 16.1 Å². The third kappa shape index (κ3) is 3.05. The van der Waals surface area contributed by atoms with Gasteiger partial charge in [0.15, 0.2) is 5.13 Å². The predicted octanol–water partition coefficient (Wildman–Crippen LogP) is 2.50. The van der Waals surface area contributed by atoms with Crippen molar-refractivity contribution in [3.05, 3.63) is 39.9 Å². The van der Waals surface area contributed by atoms with Gasteiger partial charge >= 0.3 is 5.97 Å². The van der Waals surface area contributed by atoms with E-state index in [1.54, 1.807) is 17.5 Å². The van der Waals surface area contributed by atoms with Crippen LogP contribution in [0.2, 0.25) is 5.02 Å². The van der Waals surface area contributed by atoms with Crippen molar-refractivity contribution in [1.29, 1.82) is 5.26 Å². The van der Waals surface area contributed by atoms with E-state index in [4.69, 9.17) is 27.7 Å². The number of anilines is 2. The zero-order valence-corrected chi connectivity index (χ0v) is 11.6. The van der Waals surface area contributed by atoms with Crippen molar-refractivity contribution in [1.82, 2.24) is 4.98 Å². The van der Waals surface area contributed by atoms with E-state index in [2.05, 4.69) is 10.3 Å². The number of aliphatic carboxylic acids is 1. The van der Waals surface area contributed by atoms with Gasteiger partial charge in [0.25, 0.3) is 0 Å². The van der Waals surface area contributed by atoms with Crippen molar-refractivity contribution in [3.8, 4) is 6.07 Å². The summed E-state index contributed by atoms with van der Waals surface area (Å²) in [5.41, 5.74) is 6.77. The maximum absolute atomic E-state index is 10.8. The molecule has 0 aliphatic heterocycles. The molecule has 0 fully saturated rings. The van der Waals surface area contributed by atoms with Gasteiger partial charge in [-0.25, -0.2) is 4.98 Å². The Balaban J connectivity index is 2.19. The normalized spacial score (nSPS) is 11.7. The Hall–Kier alpha value is -2.14. The second kappa shape index (κ2) is 5.88. The lowest BCUT2D eigenvalue weighted by Gasteiger charge is -2.05. The van der Waals surface area contributed by atoms with E-state index in [-0.39, 0.29) is 5.69 Å². The number of nitrogens with two attached hydrogens (primary N) is 1. The Bertz CT molecular complexity index is 695. The molecule has 1 aromatic heterocycles. The first-order chi connectivity index (χ1) is 9.51. The van der Waals surface area contributed by atoms with Gasteiger partial charge in [-0.3, -0.25) is 4.79 Å². The zero-order valence-electron chi connectivity index (χ0n) is 10.0. The maximum Gasteiger partial charge on any atom is 0.326 e. The van der Waals surface area contributed by atoms with Crippen LogP contribution in [0, 0.1) is 11.3 Å². The van der Waals surface area contributed by atoms with Crippen LogP contribution in [0.5, 0.6) is 0 Å².